The van der Waals surface area contributed by atoms with Crippen molar-refractivity contribution in [1.82, 2.24) is 9.88 Å². The lowest BCUT2D eigenvalue weighted by atomic mass is 10.2. The highest BCUT2D eigenvalue weighted by Crippen LogP contribution is 2.24. The van der Waals surface area contributed by atoms with E-state index in [-0.39, 0.29) is 11.7 Å². The third-order valence-electron chi connectivity index (χ3n) is 4.43. The van der Waals surface area contributed by atoms with Crippen LogP contribution < -0.4 is 20.7 Å². The minimum absolute atomic E-state index is 0.160. The number of benzene rings is 1. The summed E-state index contributed by atoms with van der Waals surface area (Å²) in [6.45, 7) is 4.20. The highest BCUT2D eigenvalue weighted by atomic mass is 19.4. The first-order valence-electron chi connectivity index (χ1n) is 9.10. The topological polar surface area (TPSA) is 79.0 Å². The predicted octanol–water partition coefficient (Wildman–Crippen LogP) is 2.66. The Bertz CT molecular complexity index is 833. The molecule has 0 atom stereocenters. The zero-order valence-corrected chi connectivity index (χ0v) is 16.0. The van der Waals surface area contributed by atoms with Crippen LogP contribution >= 0.6 is 0 Å². The number of nitrogens with two attached hydrogens (primary N) is 1. The summed E-state index contributed by atoms with van der Waals surface area (Å²) < 4.78 is 40.4. The molecule has 3 rings (SSSR count). The van der Waals surface area contributed by atoms with Gasteiger partial charge in [-0.15, -0.1) is 13.2 Å². The number of rotatable bonds is 5. The van der Waals surface area contributed by atoms with Gasteiger partial charge in [-0.05, 0) is 49.0 Å². The second-order valence-electron chi connectivity index (χ2n) is 6.71. The van der Waals surface area contributed by atoms with Crippen molar-refractivity contribution in [2.75, 3.05) is 43.4 Å². The smallest absolute Gasteiger partial charge is 0.406 e. The summed E-state index contributed by atoms with van der Waals surface area (Å²) in [7, 11) is 2.10. The van der Waals surface area contributed by atoms with E-state index >= 15 is 0 Å². The van der Waals surface area contributed by atoms with E-state index in [1.807, 2.05) is 12.1 Å². The number of halogens is 3. The fourth-order valence-corrected chi connectivity index (χ4v) is 2.87. The van der Waals surface area contributed by atoms with Crippen LogP contribution in [0.2, 0.25) is 0 Å². The van der Waals surface area contributed by atoms with Gasteiger partial charge in [0.1, 0.15) is 11.6 Å². The second kappa shape index (κ2) is 8.99. The summed E-state index contributed by atoms with van der Waals surface area (Å²) in [5.41, 5.74) is 7.36. The molecular weight excluding hydrogens is 385 g/mol. The predicted molar refractivity (Wildman–Crippen MR) is 106 cm³/mol. The average Bonchev–Trinajstić information content (AvgIpc) is 2.68. The molecule has 1 aromatic heterocycles. The van der Waals surface area contributed by atoms with Crippen LogP contribution in [0.4, 0.5) is 24.7 Å². The number of guanidine groups is 1. The summed E-state index contributed by atoms with van der Waals surface area (Å²) in [6, 6.07) is 9.14. The van der Waals surface area contributed by atoms with Crippen LogP contribution in [0.15, 0.2) is 47.6 Å². The number of aromatic nitrogens is 1. The molecule has 2 aromatic rings. The zero-order chi connectivity index (χ0) is 20.9. The molecule has 29 heavy (non-hydrogen) atoms. The first-order valence-corrected chi connectivity index (χ1v) is 9.10. The molecule has 1 aromatic carbocycles. The van der Waals surface area contributed by atoms with E-state index in [0.29, 0.717) is 12.2 Å². The van der Waals surface area contributed by atoms with Crippen LogP contribution in [0.5, 0.6) is 5.75 Å². The number of nitrogens with zero attached hydrogens (tertiary/aromatic N) is 4. The van der Waals surface area contributed by atoms with Gasteiger partial charge < -0.3 is 25.6 Å². The van der Waals surface area contributed by atoms with Gasteiger partial charge >= 0.3 is 6.36 Å². The van der Waals surface area contributed by atoms with Gasteiger partial charge in [-0.1, -0.05) is 0 Å². The lowest BCUT2D eigenvalue weighted by Crippen LogP contribution is -2.44. The van der Waals surface area contributed by atoms with Gasteiger partial charge in [0, 0.05) is 38.1 Å². The van der Waals surface area contributed by atoms with Crippen molar-refractivity contribution in [3.8, 4) is 5.75 Å². The van der Waals surface area contributed by atoms with E-state index in [0.717, 1.165) is 37.6 Å². The minimum Gasteiger partial charge on any atom is -0.406 e. The van der Waals surface area contributed by atoms with Crippen molar-refractivity contribution in [1.29, 1.82) is 0 Å². The highest BCUT2D eigenvalue weighted by Gasteiger charge is 2.30. The number of piperazine rings is 1. The molecule has 0 radical (unpaired) electrons. The van der Waals surface area contributed by atoms with Crippen LogP contribution in [0.25, 0.3) is 0 Å². The van der Waals surface area contributed by atoms with Crippen molar-refractivity contribution >= 4 is 17.5 Å². The Morgan fingerprint density at radius 3 is 2.52 bits per heavy atom. The molecular formula is C19H23F3N6O. The maximum absolute atomic E-state index is 12.2. The fourth-order valence-electron chi connectivity index (χ4n) is 2.87. The molecule has 0 bridgehead atoms. The van der Waals surface area contributed by atoms with Gasteiger partial charge in [-0.3, -0.25) is 0 Å². The SMILES string of the molecule is CN1CCN(c2cc(CN=C(N)Nc3ccc(OC(F)(F)F)cc3)ccn2)CC1. The molecule has 2 heterocycles. The Kier molecular flexibility index (Phi) is 6.42. The van der Waals surface area contributed by atoms with E-state index in [9.17, 15) is 13.2 Å². The number of aliphatic imine (C=N–C) groups is 1. The number of ether oxygens (including phenoxy) is 1. The summed E-state index contributed by atoms with van der Waals surface area (Å²) in [5, 5.41) is 2.84. The quantitative estimate of drug-likeness (QED) is 0.585. The van der Waals surface area contributed by atoms with Gasteiger partial charge in [-0.2, -0.15) is 0 Å². The second-order valence-corrected chi connectivity index (χ2v) is 6.71. The summed E-state index contributed by atoms with van der Waals surface area (Å²) in [4.78, 5) is 13.2. The lowest BCUT2D eigenvalue weighted by molar-refractivity contribution is -0.274. The van der Waals surface area contributed by atoms with E-state index in [1.165, 1.54) is 24.3 Å². The van der Waals surface area contributed by atoms with Crippen LogP contribution in [0.3, 0.4) is 0 Å². The van der Waals surface area contributed by atoms with Crippen LogP contribution in [-0.4, -0.2) is 55.4 Å². The van der Waals surface area contributed by atoms with Crippen molar-refractivity contribution < 1.29 is 17.9 Å². The normalized spacial score (nSPS) is 16.0. The van der Waals surface area contributed by atoms with E-state index in [4.69, 9.17) is 5.73 Å². The Morgan fingerprint density at radius 1 is 1.17 bits per heavy atom. The third kappa shape index (κ3) is 6.53. The Hall–Kier alpha value is -3.01. The number of hydrogen-bond acceptors (Lipinski definition) is 5. The molecule has 1 aliphatic rings. The molecule has 0 spiro atoms. The highest BCUT2D eigenvalue weighted by molar-refractivity contribution is 5.92. The average molecular weight is 408 g/mol. The molecule has 0 unspecified atom stereocenters. The van der Waals surface area contributed by atoms with Crippen LogP contribution in [-0.2, 0) is 6.54 Å². The van der Waals surface area contributed by atoms with Gasteiger partial charge in [0.25, 0.3) is 0 Å². The van der Waals surface area contributed by atoms with Gasteiger partial charge in [0.2, 0.25) is 0 Å². The lowest BCUT2D eigenvalue weighted by Gasteiger charge is -2.33. The summed E-state index contributed by atoms with van der Waals surface area (Å²) in [5.74, 6) is 0.775. The Labute approximate surface area is 167 Å². The largest absolute Gasteiger partial charge is 0.573 e. The molecule has 10 heteroatoms. The van der Waals surface area contributed by atoms with Crippen molar-refractivity contribution in [3.05, 3.63) is 48.2 Å². The number of likely N-dealkylation sites (N-methyl/N-ethyl adjacent to an activating group) is 1. The number of alkyl halides is 3. The molecule has 1 saturated heterocycles. The first kappa shape index (κ1) is 20.7. The van der Waals surface area contributed by atoms with Gasteiger partial charge in [-0.25, -0.2) is 9.98 Å². The molecule has 0 saturated carbocycles. The molecule has 7 nitrogen and oxygen atoms in total. The molecule has 3 N–H and O–H groups in total. The van der Waals surface area contributed by atoms with Gasteiger partial charge in [0.05, 0.1) is 6.54 Å². The van der Waals surface area contributed by atoms with E-state index in [1.54, 1.807) is 6.20 Å². The molecule has 0 aliphatic carbocycles. The number of hydrogen-bond donors (Lipinski definition) is 2. The summed E-state index contributed by atoms with van der Waals surface area (Å²) in [6.07, 6.45) is -2.97. The number of pyridine rings is 1. The van der Waals surface area contributed by atoms with E-state index in [2.05, 4.69) is 36.9 Å². The minimum atomic E-state index is -4.72. The maximum Gasteiger partial charge on any atom is 0.573 e. The van der Waals surface area contributed by atoms with Gasteiger partial charge in [0.15, 0.2) is 5.96 Å². The molecule has 1 fully saturated rings. The number of nitrogens with one attached hydrogen (secondary N) is 1. The Morgan fingerprint density at radius 2 is 1.86 bits per heavy atom. The maximum atomic E-state index is 12.2. The molecule has 0 amide bonds. The Balaban J connectivity index is 1.56. The number of anilines is 2. The monoisotopic (exact) mass is 408 g/mol. The van der Waals surface area contributed by atoms with Crippen LogP contribution in [0, 0.1) is 0 Å². The third-order valence-corrected chi connectivity index (χ3v) is 4.43. The van der Waals surface area contributed by atoms with Crippen molar-refractivity contribution in [2.45, 2.75) is 12.9 Å². The molecule has 156 valence electrons. The zero-order valence-electron chi connectivity index (χ0n) is 16.0. The van der Waals surface area contributed by atoms with Crippen molar-refractivity contribution in [2.24, 2.45) is 10.7 Å². The summed E-state index contributed by atoms with van der Waals surface area (Å²) >= 11 is 0. The van der Waals surface area contributed by atoms with Crippen molar-refractivity contribution in [3.63, 3.8) is 0 Å². The first-order chi connectivity index (χ1) is 13.8. The van der Waals surface area contributed by atoms with Crippen LogP contribution in [0.1, 0.15) is 5.56 Å². The van der Waals surface area contributed by atoms with E-state index < -0.39 is 6.36 Å². The molecule has 1 aliphatic heterocycles. The fraction of sp³-hybridized carbons (Fsp3) is 0.368. The standard InChI is InChI=1S/C19H23F3N6O/c1-27-8-10-28(11-9-27)17-12-14(6-7-24-17)13-25-18(23)26-15-2-4-16(5-3-15)29-19(20,21)22/h2-7,12H,8-11,13H2,1H3,(H3,23,25,26).